The average Bonchev–Trinajstić information content (AvgIpc) is 2.68. The lowest BCUT2D eigenvalue weighted by Crippen LogP contribution is -2.15. The standard InChI is InChI=1S/C24H39NO2/c1-2-3-4-5-6-7-8-9-10-11-12-16-19-23(26)20-21-24(27)25-22-17-14-13-15-18-22/h9-10,13-15,17-18,23,26H,2-8,11-12,16,19-21H2,1H3,(H,25,27)/b10-9-. The quantitative estimate of drug-likeness (QED) is 0.252. The van der Waals surface area contributed by atoms with Crippen molar-refractivity contribution in [1.29, 1.82) is 0 Å². The second-order valence-electron chi connectivity index (χ2n) is 7.42. The Morgan fingerprint density at radius 2 is 1.56 bits per heavy atom. The second-order valence-corrected chi connectivity index (χ2v) is 7.42. The fraction of sp³-hybridized carbons (Fsp3) is 0.625. The van der Waals surface area contributed by atoms with Gasteiger partial charge >= 0.3 is 0 Å². The van der Waals surface area contributed by atoms with E-state index in [2.05, 4.69) is 24.4 Å². The van der Waals surface area contributed by atoms with E-state index in [-0.39, 0.29) is 12.0 Å². The van der Waals surface area contributed by atoms with Crippen molar-refractivity contribution in [3.63, 3.8) is 0 Å². The van der Waals surface area contributed by atoms with Gasteiger partial charge in [0.05, 0.1) is 6.10 Å². The molecule has 0 fully saturated rings. The maximum absolute atomic E-state index is 11.9. The van der Waals surface area contributed by atoms with Crippen molar-refractivity contribution in [1.82, 2.24) is 0 Å². The van der Waals surface area contributed by atoms with Crippen molar-refractivity contribution in [2.45, 2.75) is 96.5 Å². The topological polar surface area (TPSA) is 49.3 Å². The molecule has 0 heterocycles. The first-order valence-electron chi connectivity index (χ1n) is 10.9. The molecule has 0 aliphatic rings. The SMILES string of the molecule is CCCCCCCC/C=C\CCCCC(O)CCC(=O)Nc1ccccc1. The Kier molecular flexibility index (Phi) is 14.4. The Balaban J connectivity index is 1.92. The van der Waals surface area contributed by atoms with E-state index >= 15 is 0 Å². The summed E-state index contributed by atoms with van der Waals surface area (Å²) >= 11 is 0. The molecule has 2 N–H and O–H groups in total. The zero-order valence-corrected chi connectivity index (χ0v) is 17.2. The van der Waals surface area contributed by atoms with E-state index in [1.165, 1.54) is 44.9 Å². The highest BCUT2D eigenvalue weighted by Gasteiger charge is 2.08. The molecule has 0 saturated heterocycles. The molecule has 1 atom stereocenters. The highest BCUT2D eigenvalue weighted by atomic mass is 16.3. The molecule has 0 aliphatic carbocycles. The number of hydrogen-bond donors (Lipinski definition) is 2. The van der Waals surface area contributed by atoms with Gasteiger partial charge in [-0.05, 0) is 50.7 Å². The largest absolute Gasteiger partial charge is 0.393 e. The van der Waals surface area contributed by atoms with Crippen LogP contribution in [0.25, 0.3) is 0 Å². The van der Waals surface area contributed by atoms with Crippen molar-refractivity contribution in [3.05, 3.63) is 42.5 Å². The van der Waals surface area contributed by atoms with Crippen LogP contribution in [0, 0.1) is 0 Å². The van der Waals surface area contributed by atoms with E-state index in [0.717, 1.165) is 31.4 Å². The van der Waals surface area contributed by atoms with Crippen LogP contribution in [0.4, 0.5) is 5.69 Å². The van der Waals surface area contributed by atoms with Crippen molar-refractivity contribution in [2.75, 3.05) is 5.32 Å². The van der Waals surface area contributed by atoms with E-state index in [1.807, 2.05) is 30.3 Å². The van der Waals surface area contributed by atoms with Crippen LogP contribution >= 0.6 is 0 Å². The molecule has 0 bridgehead atoms. The van der Waals surface area contributed by atoms with Crippen molar-refractivity contribution < 1.29 is 9.90 Å². The molecular formula is C24H39NO2. The van der Waals surface area contributed by atoms with Gasteiger partial charge in [-0.25, -0.2) is 0 Å². The normalized spacial score (nSPS) is 12.4. The van der Waals surface area contributed by atoms with Gasteiger partial charge in [-0.3, -0.25) is 4.79 Å². The lowest BCUT2D eigenvalue weighted by molar-refractivity contribution is -0.116. The molecule has 3 heteroatoms. The number of para-hydroxylation sites is 1. The smallest absolute Gasteiger partial charge is 0.224 e. The first-order chi connectivity index (χ1) is 13.2. The van der Waals surface area contributed by atoms with Gasteiger partial charge in [-0.1, -0.05) is 75.8 Å². The summed E-state index contributed by atoms with van der Waals surface area (Å²) in [4.78, 5) is 11.9. The Morgan fingerprint density at radius 1 is 0.926 bits per heavy atom. The number of carbonyl (C=O) groups excluding carboxylic acids is 1. The number of rotatable bonds is 16. The molecule has 1 rings (SSSR count). The van der Waals surface area contributed by atoms with Gasteiger partial charge in [0.2, 0.25) is 5.91 Å². The lowest BCUT2D eigenvalue weighted by Gasteiger charge is -2.10. The summed E-state index contributed by atoms with van der Waals surface area (Å²) in [7, 11) is 0. The molecule has 1 aromatic carbocycles. The van der Waals surface area contributed by atoms with E-state index in [4.69, 9.17) is 0 Å². The van der Waals surface area contributed by atoms with Gasteiger partial charge in [0.25, 0.3) is 0 Å². The molecule has 0 saturated carbocycles. The van der Waals surface area contributed by atoms with Crippen molar-refractivity contribution >= 4 is 11.6 Å². The van der Waals surface area contributed by atoms with Crippen LogP contribution in [-0.2, 0) is 4.79 Å². The number of benzene rings is 1. The fourth-order valence-corrected chi connectivity index (χ4v) is 3.11. The number of unbranched alkanes of at least 4 members (excludes halogenated alkanes) is 8. The Labute approximate surface area is 166 Å². The van der Waals surface area contributed by atoms with Gasteiger partial charge in [-0.15, -0.1) is 0 Å². The van der Waals surface area contributed by atoms with E-state index in [0.29, 0.717) is 12.8 Å². The van der Waals surface area contributed by atoms with Crippen LogP contribution in [0.3, 0.4) is 0 Å². The molecule has 1 unspecified atom stereocenters. The second kappa shape index (κ2) is 16.6. The molecular weight excluding hydrogens is 334 g/mol. The van der Waals surface area contributed by atoms with E-state index < -0.39 is 0 Å². The minimum atomic E-state index is -0.376. The first kappa shape index (κ1) is 23.4. The van der Waals surface area contributed by atoms with Crippen molar-refractivity contribution in [2.24, 2.45) is 0 Å². The minimum absolute atomic E-state index is 0.0297. The maximum Gasteiger partial charge on any atom is 0.224 e. The van der Waals surface area contributed by atoms with Gasteiger partial charge in [0, 0.05) is 12.1 Å². The third-order valence-corrected chi connectivity index (χ3v) is 4.81. The van der Waals surface area contributed by atoms with Gasteiger partial charge in [0.15, 0.2) is 0 Å². The Bertz CT molecular complexity index is 498. The molecule has 0 aliphatic heterocycles. The molecule has 152 valence electrons. The monoisotopic (exact) mass is 373 g/mol. The summed E-state index contributed by atoms with van der Waals surface area (Å²) in [5, 5.41) is 12.9. The molecule has 0 spiro atoms. The highest BCUT2D eigenvalue weighted by Crippen LogP contribution is 2.12. The molecule has 0 radical (unpaired) electrons. The summed E-state index contributed by atoms with van der Waals surface area (Å²) in [6.07, 6.45) is 18.4. The first-order valence-corrected chi connectivity index (χ1v) is 10.9. The number of allylic oxidation sites excluding steroid dienone is 2. The third-order valence-electron chi connectivity index (χ3n) is 4.81. The lowest BCUT2D eigenvalue weighted by atomic mass is 10.1. The van der Waals surface area contributed by atoms with Crippen LogP contribution < -0.4 is 5.32 Å². The maximum atomic E-state index is 11.9. The summed E-state index contributed by atoms with van der Waals surface area (Å²) in [6.45, 7) is 2.25. The summed E-state index contributed by atoms with van der Waals surface area (Å²) in [6, 6.07) is 9.45. The molecule has 0 aromatic heterocycles. The number of amides is 1. The number of aliphatic hydroxyl groups excluding tert-OH is 1. The average molecular weight is 374 g/mol. The molecule has 1 aromatic rings. The van der Waals surface area contributed by atoms with Gasteiger partial charge in [-0.2, -0.15) is 0 Å². The van der Waals surface area contributed by atoms with Gasteiger partial charge < -0.3 is 10.4 Å². The predicted molar refractivity (Wildman–Crippen MR) is 116 cm³/mol. The zero-order chi connectivity index (χ0) is 19.6. The third kappa shape index (κ3) is 14.2. The van der Waals surface area contributed by atoms with Gasteiger partial charge in [0.1, 0.15) is 0 Å². The molecule has 1 amide bonds. The molecule has 3 nitrogen and oxygen atoms in total. The highest BCUT2D eigenvalue weighted by molar-refractivity contribution is 5.90. The zero-order valence-electron chi connectivity index (χ0n) is 17.2. The van der Waals surface area contributed by atoms with Crippen molar-refractivity contribution in [3.8, 4) is 0 Å². The summed E-state index contributed by atoms with van der Waals surface area (Å²) in [5.74, 6) is -0.0297. The van der Waals surface area contributed by atoms with E-state index in [1.54, 1.807) is 0 Å². The van der Waals surface area contributed by atoms with Crippen LogP contribution in [-0.4, -0.2) is 17.1 Å². The van der Waals surface area contributed by atoms with Crippen LogP contribution in [0.15, 0.2) is 42.5 Å². The fourth-order valence-electron chi connectivity index (χ4n) is 3.11. The summed E-state index contributed by atoms with van der Waals surface area (Å²) in [5.41, 5.74) is 0.810. The number of anilines is 1. The number of carbonyl (C=O) groups is 1. The van der Waals surface area contributed by atoms with Crippen LogP contribution in [0.2, 0.25) is 0 Å². The molecule has 27 heavy (non-hydrogen) atoms. The number of aliphatic hydroxyl groups is 1. The van der Waals surface area contributed by atoms with E-state index in [9.17, 15) is 9.90 Å². The Morgan fingerprint density at radius 3 is 2.26 bits per heavy atom. The minimum Gasteiger partial charge on any atom is -0.393 e. The van der Waals surface area contributed by atoms with Crippen LogP contribution in [0.1, 0.15) is 90.4 Å². The number of nitrogens with one attached hydrogen (secondary N) is 1. The number of hydrogen-bond acceptors (Lipinski definition) is 2. The predicted octanol–water partition coefficient (Wildman–Crippen LogP) is 6.63. The Hall–Kier alpha value is -1.61. The van der Waals surface area contributed by atoms with Crippen LogP contribution in [0.5, 0.6) is 0 Å². The summed E-state index contributed by atoms with van der Waals surface area (Å²) < 4.78 is 0.